The third-order valence-corrected chi connectivity index (χ3v) is 4.02. The van der Waals surface area contributed by atoms with Crippen molar-refractivity contribution in [1.82, 2.24) is 4.68 Å². The Balaban J connectivity index is 2.39. The second-order valence-electron chi connectivity index (χ2n) is 3.47. The minimum atomic E-state index is -0.0175. The van der Waals surface area contributed by atoms with Crippen LogP contribution in [0.5, 0.6) is 17.4 Å². The van der Waals surface area contributed by atoms with Gasteiger partial charge in [-0.2, -0.15) is 9.78 Å². The third-order valence-electron chi connectivity index (χ3n) is 2.25. The summed E-state index contributed by atoms with van der Waals surface area (Å²) in [4.78, 5) is 0. The van der Waals surface area contributed by atoms with E-state index in [1.54, 1.807) is 12.1 Å². The molecular weight excluding hydrogens is 352 g/mol. The quantitative estimate of drug-likeness (QED) is 0.650. The molecule has 0 aliphatic carbocycles. The largest absolute Gasteiger partial charge is 0.503 e. The highest BCUT2D eigenvalue weighted by Gasteiger charge is 2.07. The van der Waals surface area contributed by atoms with E-state index in [1.165, 1.54) is 34.7 Å². The molecule has 0 amide bonds. The van der Waals surface area contributed by atoms with Crippen LogP contribution in [0.2, 0.25) is 0 Å². The Bertz CT molecular complexity index is 694. The molecule has 0 spiro atoms. The van der Waals surface area contributed by atoms with Crippen LogP contribution in [0.15, 0.2) is 27.1 Å². The van der Waals surface area contributed by atoms with Crippen LogP contribution in [-0.2, 0) is 0 Å². The lowest BCUT2D eigenvalue weighted by Gasteiger charge is -2.06. The lowest BCUT2D eigenvalue weighted by atomic mass is 10.2. The number of nitrogens with zero attached hydrogens (tertiary/aromatic N) is 2. The number of methoxy groups -OCH3 is 1. The Hall–Kier alpha value is -1.38. The zero-order chi connectivity index (χ0) is 14.0. The highest BCUT2D eigenvalue weighted by molar-refractivity contribution is 9.10. The first-order valence-corrected chi connectivity index (χ1v) is 7.11. The molecule has 2 N–H and O–H groups in total. The van der Waals surface area contributed by atoms with Crippen molar-refractivity contribution >= 4 is 45.7 Å². The Labute approximate surface area is 126 Å². The summed E-state index contributed by atoms with van der Waals surface area (Å²) in [5.74, 6) is 0.333. The Morgan fingerprint density at radius 2 is 2.21 bits per heavy atom. The van der Waals surface area contributed by atoms with Gasteiger partial charge in [0, 0.05) is 0 Å². The molecule has 19 heavy (non-hydrogen) atoms. The van der Waals surface area contributed by atoms with Gasteiger partial charge in [0.25, 0.3) is 0 Å². The number of phenolic OH excluding ortho intramolecular Hbond substituents is 1. The van der Waals surface area contributed by atoms with Crippen LogP contribution in [-0.4, -0.2) is 28.2 Å². The van der Waals surface area contributed by atoms with Gasteiger partial charge in [0.1, 0.15) is 0 Å². The maximum absolute atomic E-state index is 9.69. The van der Waals surface area contributed by atoms with E-state index in [-0.39, 0.29) is 11.6 Å². The summed E-state index contributed by atoms with van der Waals surface area (Å²) in [6, 6.07) is 3.30. The molecule has 0 atom stereocenters. The number of phenols is 1. The van der Waals surface area contributed by atoms with Gasteiger partial charge in [-0.1, -0.05) is 0 Å². The normalized spacial score (nSPS) is 11.1. The molecular formula is C11H9BrN2O3S2. The van der Waals surface area contributed by atoms with Crippen molar-refractivity contribution in [2.24, 2.45) is 5.10 Å². The summed E-state index contributed by atoms with van der Waals surface area (Å²) in [7, 11) is 1.46. The van der Waals surface area contributed by atoms with Gasteiger partial charge >= 0.3 is 0 Å². The fourth-order valence-electron chi connectivity index (χ4n) is 1.35. The molecule has 1 aromatic carbocycles. The Morgan fingerprint density at radius 1 is 1.47 bits per heavy atom. The minimum Gasteiger partial charge on any atom is -0.503 e. The first kappa shape index (κ1) is 14.0. The number of benzene rings is 1. The molecule has 0 saturated carbocycles. The number of halogens is 1. The second-order valence-corrected chi connectivity index (χ2v) is 5.83. The summed E-state index contributed by atoms with van der Waals surface area (Å²) >= 11 is 9.46. The predicted molar refractivity (Wildman–Crippen MR) is 80.2 cm³/mol. The van der Waals surface area contributed by atoms with Crippen LogP contribution in [0.1, 0.15) is 5.56 Å². The molecule has 0 radical (unpaired) electrons. The molecule has 0 aliphatic rings. The van der Waals surface area contributed by atoms with Crippen LogP contribution in [0.25, 0.3) is 0 Å². The van der Waals surface area contributed by atoms with Crippen LogP contribution >= 0.6 is 39.5 Å². The second kappa shape index (κ2) is 5.72. The lowest BCUT2D eigenvalue weighted by molar-refractivity contribution is 0.372. The molecule has 0 aliphatic heterocycles. The van der Waals surface area contributed by atoms with Crippen molar-refractivity contribution in [2.45, 2.75) is 0 Å². The average Bonchev–Trinajstić information content (AvgIpc) is 2.70. The molecule has 8 heteroatoms. The van der Waals surface area contributed by atoms with E-state index in [2.05, 4.69) is 21.0 Å². The fraction of sp³-hybridized carbons (Fsp3) is 0.0909. The molecule has 1 aromatic heterocycles. The SMILES string of the molecule is COc1cc(/C=N/n2c(O)csc2=S)cc(Br)c1O. The van der Waals surface area contributed by atoms with Gasteiger partial charge in [-0.25, -0.2) is 0 Å². The lowest BCUT2D eigenvalue weighted by Crippen LogP contribution is -1.92. The van der Waals surface area contributed by atoms with E-state index in [9.17, 15) is 10.2 Å². The first-order chi connectivity index (χ1) is 9.02. The van der Waals surface area contributed by atoms with Crippen LogP contribution in [0.3, 0.4) is 0 Å². The summed E-state index contributed by atoms with van der Waals surface area (Å²) in [5, 5.41) is 24.8. The number of rotatable bonds is 3. The molecule has 0 unspecified atom stereocenters. The van der Waals surface area contributed by atoms with Crippen molar-refractivity contribution in [2.75, 3.05) is 7.11 Å². The highest BCUT2D eigenvalue weighted by atomic mass is 79.9. The molecule has 1 heterocycles. The van der Waals surface area contributed by atoms with Crippen LogP contribution in [0.4, 0.5) is 0 Å². The van der Waals surface area contributed by atoms with Crippen LogP contribution in [0, 0.1) is 3.95 Å². The van der Waals surface area contributed by atoms with E-state index in [0.717, 1.165) is 0 Å². The van der Waals surface area contributed by atoms with Crippen molar-refractivity contribution in [3.8, 4) is 17.4 Å². The fourth-order valence-corrected chi connectivity index (χ4v) is 2.64. The maximum Gasteiger partial charge on any atom is 0.224 e. The summed E-state index contributed by atoms with van der Waals surface area (Å²) in [5.41, 5.74) is 0.689. The van der Waals surface area contributed by atoms with Crippen molar-refractivity contribution in [3.63, 3.8) is 0 Å². The number of hydrogen-bond acceptors (Lipinski definition) is 6. The van der Waals surface area contributed by atoms with Gasteiger partial charge in [0.2, 0.25) is 5.88 Å². The standard InChI is InChI=1S/C11H9BrN2O3S2/c1-17-8-3-6(2-7(12)10(8)16)4-13-14-9(15)5-19-11(14)18/h2-5,15-16H,1H3/b13-4+. The van der Waals surface area contributed by atoms with Crippen molar-refractivity contribution in [3.05, 3.63) is 31.5 Å². The number of thiazole rings is 1. The molecule has 2 rings (SSSR count). The third kappa shape index (κ3) is 2.96. The van der Waals surface area contributed by atoms with Gasteiger partial charge in [0.15, 0.2) is 15.5 Å². The van der Waals surface area contributed by atoms with Crippen molar-refractivity contribution < 1.29 is 14.9 Å². The summed E-state index contributed by atoms with van der Waals surface area (Å²) in [6.07, 6.45) is 1.51. The highest BCUT2D eigenvalue weighted by Crippen LogP contribution is 2.34. The Kier molecular flexibility index (Phi) is 4.23. The zero-order valence-electron chi connectivity index (χ0n) is 9.70. The van der Waals surface area contributed by atoms with Gasteiger partial charge in [-0.3, -0.25) is 0 Å². The number of hydrogen-bond donors (Lipinski definition) is 2. The summed E-state index contributed by atoms with van der Waals surface area (Å²) < 4.78 is 7.21. The maximum atomic E-state index is 9.69. The number of aromatic nitrogens is 1. The Morgan fingerprint density at radius 3 is 2.79 bits per heavy atom. The van der Waals surface area contributed by atoms with Gasteiger partial charge < -0.3 is 14.9 Å². The molecule has 2 aromatic rings. The van der Waals surface area contributed by atoms with Gasteiger partial charge in [-0.15, -0.1) is 11.3 Å². The topological polar surface area (TPSA) is 67.0 Å². The molecule has 100 valence electrons. The smallest absolute Gasteiger partial charge is 0.224 e. The molecule has 0 bridgehead atoms. The van der Waals surface area contributed by atoms with E-state index in [4.69, 9.17) is 17.0 Å². The summed E-state index contributed by atoms with van der Waals surface area (Å²) in [6.45, 7) is 0. The number of aromatic hydroxyl groups is 2. The van der Waals surface area contributed by atoms with E-state index in [1.807, 2.05) is 0 Å². The number of ether oxygens (including phenoxy) is 1. The first-order valence-electron chi connectivity index (χ1n) is 5.03. The van der Waals surface area contributed by atoms with Gasteiger partial charge in [-0.05, 0) is 45.8 Å². The van der Waals surface area contributed by atoms with E-state index < -0.39 is 0 Å². The average molecular weight is 361 g/mol. The predicted octanol–water partition coefficient (Wildman–Crippen LogP) is 3.34. The minimum absolute atomic E-state index is 0.0175. The zero-order valence-corrected chi connectivity index (χ0v) is 12.9. The van der Waals surface area contributed by atoms with E-state index in [0.29, 0.717) is 19.7 Å². The van der Waals surface area contributed by atoms with Gasteiger partial charge in [0.05, 0.1) is 23.2 Å². The molecule has 5 nitrogen and oxygen atoms in total. The monoisotopic (exact) mass is 360 g/mol. The molecule has 0 fully saturated rings. The van der Waals surface area contributed by atoms with Crippen molar-refractivity contribution in [1.29, 1.82) is 0 Å². The molecule has 0 saturated heterocycles. The van der Waals surface area contributed by atoms with Crippen LogP contribution < -0.4 is 4.74 Å². The van der Waals surface area contributed by atoms with E-state index >= 15 is 0 Å².